The van der Waals surface area contributed by atoms with E-state index in [1.807, 2.05) is 0 Å². The van der Waals surface area contributed by atoms with Crippen LogP contribution in [-0.4, -0.2) is 4.98 Å². The van der Waals surface area contributed by atoms with Crippen molar-refractivity contribution in [1.82, 2.24) is 4.98 Å². The van der Waals surface area contributed by atoms with Crippen molar-refractivity contribution in [3.05, 3.63) is 33.9 Å². The van der Waals surface area contributed by atoms with Crippen molar-refractivity contribution < 1.29 is 0 Å². The van der Waals surface area contributed by atoms with Crippen molar-refractivity contribution in [1.29, 1.82) is 0 Å². The van der Waals surface area contributed by atoms with E-state index in [-0.39, 0.29) is 0 Å². The van der Waals surface area contributed by atoms with Gasteiger partial charge >= 0.3 is 0 Å². The number of nitrogens with two attached hydrogens (primary N) is 1. The summed E-state index contributed by atoms with van der Waals surface area (Å²) >= 11 is 3.54. The van der Waals surface area contributed by atoms with Crippen molar-refractivity contribution in [2.24, 2.45) is 5.84 Å². The maximum absolute atomic E-state index is 5.69. The Morgan fingerprint density at radius 1 is 1.26 bits per heavy atom. The molecule has 0 saturated heterocycles. The highest BCUT2D eigenvalue weighted by Gasteiger charge is 2.20. The monoisotopic (exact) mass is 319 g/mol. The number of hydrazine groups is 1. The number of hydrogen-bond donors (Lipinski definition) is 2. The minimum atomic E-state index is 0.597. The van der Waals surface area contributed by atoms with Gasteiger partial charge in [-0.25, -0.2) is 0 Å². The Morgan fingerprint density at radius 3 is 2.68 bits per heavy atom. The number of pyridine rings is 1. The Kier molecular flexibility index (Phi) is 3.46. The van der Waals surface area contributed by atoms with Crippen LogP contribution in [0, 0.1) is 6.92 Å². The molecule has 0 spiro atoms. The lowest BCUT2D eigenvalue weighted by Gasteiger charge is -2.14. The van der Waals surface area contributed by atoms with Crippen LogP contribution < -0.4 is 11.3 Å². The number of nitrogen functional groups attached to an aromatic ring is 1. The fourth-order valence-corrected chi connectivity index (χ4v) is 3.60. The molecule has 100 valence electrons. The van der Waals surface area contributed by atoms with Crippen LogP contribution in [0.4, 0.5) is 5.69 Å². The van der Waals surface area contributed by atoms with Crippen molar-refractivity contribution >= 4 is 32.5 Å². The number of hydrogen-bond acceptors (Lipinski definition) is 3. The van der Waals surface area contributed by atoms with Gasteiger partial charge in [0.15, 0.2) is 0 Å². The van der Waals surface area contributed by atoms with E-state index in [4.69, 9.17) is 10.8 Å². The first-order valence-electron chi connectivity index (χ1n) is 6.76. The van der Waals surface area contributed by atoms with Crippen molar-refractivity contribution in [2.75, 3.05) is 5.43 Å². The van der Waals surface area contributed by atoms with Crippen molar-refractivity contribution in [2.45, 2.75) is 38.5 Å². The first-order valence-corrected chi connectivity index (χ1v) is 7.56. The molecule has 3 nitrogen and oxygen atoms in total. The Labute approximate surface area is 121 Å². The molecule has 2 aromatic rings. The SMILES string of the molecule is Cc1cc(Br)cc2c(NN)cc(C3CCCC3)nc12. The number of nitrogens with one attached hydrogen (secondary N) is 1. The zero-order chi connectivity index (χ0) is 13.4. The minimum absolute atomic E-state index is 0.597. The lowest BCUT2D eigenvalue weighted by molar-refractivity contribution is 0.701. The van der Waals surface area contributed by atoms with Crippen LogP contribution in [0.15, 0.2) is 22.7 Å². The topological polar surface area (TPSA) is 50.9 Å². The predicted octanol–water partition coefficient (Wildman–Crippen LogP) is 4.25. The summed E-state index contributed by atoms with van der Waals surface area (Å²) in [5.74, 6) is 6.29. The highest BCUT2D eigenvalue weighted by atomic mass is 79.9. The third-order valence-corrected chi connectivity index (χ3v) is 4.48. The largest absolute Gasteiger partial charge is 0.323 e. The Morgan fingerprint density at radius 2 is 2.00 bits per heavy atom. The maximum atomic E-state index is 5.69. The lowest BCUT2D eigenvalue weighted by atomic mass is 10.0. The fraction of sp³-hybridized carbons (Fsp3) is 0.400. The number of benzene rings is 1. The van der Waals surface area contributed by atoms with E-state index in [9.17, 15) is 0 Å². The second-order valence-electron chi connectivity index (χ2n) is 5.34. The van der Waals surface area contributed by atoms with Crippen LogP contribution in [0.5, 0.6) is 0 Å². The van der Waals surface area contributed by atoms with Gasteiger partial charge in [0.05, 0.1) is 11.2 Å². The molecular formula is C15H18BrN3. The molecule has 0 bridgehead atoms. The Hall–Kier alpha value is -1.13. The zero-order valence-corrected chi connectivity index (χ0v) is 12.6. The molecule has 19 heavy (non-hydrogen) atoms. The number of aryl methyl sites for hydroxylation is 1. The quantitative estimate of drug-likeness (QED) is 0.642. The van der Waals surface area contributed by atoms with Gasteiger partial charge in [-0.3, -0.25) is 10.8 Å². The Bertz CT molecular complexity index is 618. The van der Waals surface area contributed by atoms with Gasteiger partial charge in [0, 0.05) is 21.5 Å². The molecule has 1 aliphatic carbocycles. The average molecular weight is 320 g/mol. The molecule has 0 amide bonds. The van der Waals surface area contributed by atoms with Gasteiger partial charge in [-0.05, 0) is 43.5 Å². The van der Waals surface area contributed by atoms with E-state index in [0.29, 0.717) is 5.92 Å². The first kappa shape index (κ1) is 12.9. The first-order chi connectivity index (χ1) is 9.19. The number of halogens is 1. The molecule has 3 rings (SSSR count). The predicted molar refractivity (Wildman–Crippen MR) is 83.2 cm³/mol. The van der Waals surface area contributed by atoms with Crippen LogP contribution in [0.1, 0.15) is 42.9 Å². The second kappa shape index (κ2) is 5.10. The normalized spacial score (nSPS) is 16.2. The number of nitrogens with zero attached hydrogens (tertiary/aromatic N) is 1. The summed E-state index contributed by atoms with van der Waals surface area (Å²) in [6.07, 6.45) is 5.13. The van der Waals surface area contributed by atoms with Crippen LogP contribution in [-0.2, 0) is 0 Å². The summed E-state index contributed by atoms with van der Waals surface area (Å²) in [5, 5.41) is 1.08. The molecule has 1 aliphatic rings. The van der Waals surface area contributed by atoms with Crippen LogP contribution in [0.2, 0.25) is 0 Å². The molecule has 4 heteroatoms. The number of rotatable bonds is 2. The van der Waals surface area contributed by atoms with E-state index in [0.717, 1.165) is 21.1 Å². The third-order valence-electron chi connectivity index (χ3n) is 4.02. The van der Waals surface area contributed by atoms with Crippen LogP contribution >= 0.6 is 15.9 Å². The summed E-state index contributed by atoms with van der Waals surface area (Å²) in [6.45, 7) is 2.10. The number of aromatic nitrogens is 1. The summed E-state index contributed by atoms with van der Waals surface area (Å²) in [7, 11) is 0. The molecule has 0 atom stereocenters. The molecule has 1 fully saturated rings. The zero-order valence-electron chi connectivity index (χ0n) is 11.0. The highest BCUT2D eigenvalue weighted by Crippen LogP contribution is 2.37. The van der Waals surface area contributed by atoms with Gasteiger partial charge < -0.3 is 5.43 Å². The summed E-state index contributed by atoms with van der Waals surface area (Å²) < 4.78 is 1.06. The van der Waals surface area contributed by atoms with Crippen LogP contribution in [0.3, 0.4) is 0 Å². The lowest BCUT2D eigenvalue weighted by Crippen LogP contribution is -2.09. The molecule has 1 aromatic carbocycles. The highest BCUT2D eigenvalue weighted by molar-refractivity contribution is 9.10. The van der Waals surface area contributed by atoms with E-state index in [1.54, 1.807) is 0 Å². The van der Waals surface area contributed by atoms with Gasteiger partial charge in [-0.15, -0.1) is 0 Å². The molecule has 0 unspecified atom stereocenters. The van der Waals surface area contributed by atoms with Gasteiger partial charge in [-0.1, -0.05) is 28.8 Å². The smallest absolute Gasteiger partial charge is 0.0756 e. The molecule has 0 aliphatic heterocycles. The van der Waals surface area contributed by atoms with Gasteiger partial charge in [0.25, 0.3) is 0 Å². The molecule has 1 aromatic heterocycles. The standard InChI is InChI=1S/C15H18BrN3/c1-9-6-11(16)7-12-14(19-17)8-13(18-15(9)12)10-4-2-3-5-10/h6-8,10H,2-5,17H2,1H3,(H,18,19). The van der Waals surface area contributed by atoms with Gasteiger partial charge in [-0.2, -0.15) is 0 Å². The average Bonchev–Trinajstić information content (AvgIpc) is 2.91. The molecular weight excluding hydrogens is 302 g/mol. The second-order valence-corrected chi connectivity index (χ2v) is 6.25. The molecule has 3 N–H and O–H groups in total. The van der Waals surface area contributed by atoms with E-state index in [2.05, 4.69) is 46.5 Å². The Balaban J connectivity index is 2.21. The van der Waals surface area contributed by atoms with Crippen molar-refractivity contribution in [3.63, 3.8) is 0 Å². The summed E-state index contributed by atoms with van der Waals surface area (Å²) in [6, 6.07) is 6.29. The molecule has 0 radical (unpaired) electrons. The van der Waals surface area contributed by atoms with E-state index in [1.165, 1.54) is 36.9 Å². The maximum Gasteiger partial charge on any atom is 0.0756 e. The van der Waals surface area contributed by atoms with Crippen LogP contribution in [0.25, 0.3) is 10.9 Å². The van der Waals surface area contributed by atoms with Crippen molar-refractivity contribution in [3.8, 4) is 0 Å². The number of fused-ring (bicyclic) bond motifs is 1. The van der Waals surface area contributed by atoms with E-state index >= 15 is 0 Å². The summed E-state index contributed by atoms with van der Waals surface area (Å²) in [4.78, 5) is 4.89. The number of anilines is 1. The molecule has 1 heterocycles. The minimum Gasteiger partial charge on any atom is -0.323 e. The van der Waals surface area contributed by atoms with Gasteiger partial charge in [0.2, 0.25) is 0 Å². The molecule has 1 saturated carbocycles. The third kappa shape index (κ3) is 2.35. The summed E-state index contributed by atoms with van der Waals surface area (Å²) in [5.41, 5.74) is 7.22. The van der Waals surface area contributed by atoms with E-state index < -0.39 is 0 Å². The van der Waals surface area contributed by atoms with Gasteiger partial charge in [0.1, 0.15) is 0 Å². The fourth-order valence-electron chi connectivity index (χ4n) is 3.03.